The molecule has 120 valence electrons. The van der Waals surface area contributed by atoms with Crippen molar-refractivity contribution in [3.63, 3.8) is 0 Å². The molecule has 23 heavy (non-hydrogen) atoms. The molecule has 0 radical (unpaired) electrons. The Morgan fingerprint density at radius 1 is 1.17 bits per heavy atom. The van der Waals surface area contributed by atoms with Crippen LogP contribution in [0.2, 0.25) is 0 Å². The minimum atomic E-state index is 0.0858. The standard InChI is InChI=1S/C19H21NO2S/c1-13-4-9-17(14(2)12-13)19-20(10-11-23-19)18(21)15-5-7-16(22-3)8-6-15/h4-9,12,19H,10-11H2,1-3H3/t19-/m1/s1. The van der Waals surface area contributed by atoms with Gasteiger partial charge in [-0.05, 0) is 49.2 Å². The highest BCUT2D eigenvalue weighted by molar-refractivity contribution is 7.99. The summed E-state index contributed by atoms with van der Waals surface area (Å²) < 4.78 is 5.16. The Bertz CT molecular complexity index is 712. The maximum atomic E-state index is 12.9. The van der Waals surface area contributed by atoms with E-state index in [1.807, 2.05) is 40.9 Å². The molecular weight excluding hydrogens is 306 g/mol. The van der Waals surface area contributed by atoms with E-state index in [9.17, 15) is 4.79 Å². The number of hydrogen-bond donors (Lipinski definition) is 0. The Kier molecular flexibility index (Phi) is 4.62. The first kappa shape index (κ1) is 15.9. The quantitative estimate of drug-likeness (QED) is 0.846. The summed E-state index contributed by atoms with van der Waals surface area (Å²) in [6.45, 7) is 5.00. The monoisotopic (exact) mass is 327 g/mol. The van der Waals surface area contributed by atoms with Crippen molar-refractivity contribution in [2.45, 2.75) is 19.2 Å². The van der Waals surface area contributed by atoms with Crippen LogP contribution < -0.4 is 4.74 Å². The highest BCUT2D eigenvalue weighted by atomic mass is 32.2. The number of hydrogen-bond acceptors (Lipinski definition) is 3. The molecule has 2 aromatic carbocycles. The van der Waals surface area contributed by atoms with Crippen LogP contribution in [0.3, 0.4) is 0 Å². The van der Waals surface area contributed by atoms with Crippen LogP contribution in [-0.2, 0) is 0 Å². The van der Waals surface area contributed by atoms with E-state index in [1.165, 1.54) is 16.7 Å². The van der Waals surface area contributed by atoms with Crippen LogP contribution in [0.25, 0.3) is 0 Å². The van der Waals surface area contributed by atoms with Gasteiger partial charge in [-0.1, -0.05) is 23.8 Å². The SMILES string of the molecule is COc1ccc(C(=O)N2CCS[C@@H]2c2ccc(C)cc2C)cc1. The molecule has 1 amide bonds. The molecule has 0 aliphatic carbocycles. The lowest BCUT2D eigenvalue weighted by Crippen LogP contribution is -2.30. The Balaban J connectivity index is 1.86. The fraction of sp³-hybridized carbons (Fsp3) is 0.316. The van der Waals surface area contributed by atoms with Gasteiger partial charge in [0.1, 0.15) is 11.1 Å². The summed E-state index contributed by atoms with van der Waals surface area (Å²) in [5.41, 5.74) is 4.45. The third-order valence-corrected chi connectivity index (χ3v) is 5.42. The second-order valence-electron chi connectivity index (χ2n) is 5.81. The van der Waals surface area contributed by atoms with Crippen LogP contribution in [-0.4, -0.2) is 30.2 Å². The fourth-order valence-electron chi connectivity index (χ4n) is 2.94. The second-order valence-corrected chi connectivity index (χ2v) is 7.00. The molecule has 0 spiro atoms. The van der Waals surface area contributed by atoms with Gasteiger partial charge in [0.05, 0.1) is 7.11 Å². The smallest absolute Gasteiger partial charge is 0.255 e. The number of carbonyl (C=O) groups is 1. The molecule has 0 bridgehead atoms. The summed E-state index contributed by atoms with van der Waals surface area (Å²) in [6, 6.07) is 13.8. The van der Waals surface area contributed by atoms with Crippen molar-refractivity contribution in [3.05, 3.63) is 64.7 Å². The molecule has 4 heteroatoms. The van der Waals surface area contributed by atoms with Gasteiger partial charge in [-0.3, -0.25) is 4.79 Å². The highest BCUT2D eigenvalue weighted by Crippen LogP contribution is 2.40. The lowest BCUT2D eigenvalue weighted by atomic mass is 10.0. The van der Waals surface area contributed by atoms with E-state index in [0.29, 0.717) is 5.56 Å². The first-order valence-corrected chi connectivity index (χ1v) is 8.79. The number of nitrogens with zero attached hydrogens (tertiary/aromatic N) is 1. The first-order valence-electron chi connectivity index (χ1n) is 7.74. The summed E-state index contributed by atoms with van der Waals surface area (Å²) in [5, 5.41) is 0.102. The van der Waals surface area contributed by atoms with Gasteiger partial charge in [-0.2, -0.15) is 0 Å². The second kappa shape index (κ2) is 6.67. The molecular formula is C19H21NO2S. The third kappa shape index (κ3) is 3.22. The molecule has 0 unspecified atom stereocenters. The molecule has 0 saturated carbocycles. The molecule has 1 heterocycles. The van der Waals surface area contributed by atoms with Gasteiger partial charge >= 0.3 is 0 Å². The average Bonchev–Trinajstić information content (AvgIpc) is 3.03. The molecule has 1 fully saturated rings. The summed E-state index contributed by atoms with van der Waals surface area (Å²) in [6.07, 6.45) is 0. The maximum absolute atomic E-state index is 12.9. The minimum Gasteiger partial charge on any atom is -0.497 e. The predicted octanol–water partition coefficient (Wildman–Crippen LogP) is 4.20. The Morgan fingerprint density at radius 2 is 1.91 bits per heavy atom. The van der Waals surface area contributed by atoms with Crippen LogP contribution in [0.1, 0.15) is 32.4 Å². The third-order valence-electron chi connectivity index (χ3n) is 4.18. The average molecular weight is 327 g/mol. The van der Waals surface area contributed by atoms with Crippen molar-refractivity contribution in [1.29, 1.82) is 0 Å². The topological polar surface area (TPSA) is 29.5 Å². The molecule has 2 aromatic rings. The van der Waals surface area contributed by atoms with Crippen molar-refractivity contribution < 1.29 is 9.53 Å². The van der Waals surface area contributed by atoms with E-state index in [-0.39, 0.29) is 11.3 Å². The van der Waals surface area contributed by atoms with Gasteiger partial charge < -0.3 is 9.64 Å². The van der Waals surface area contributed by atoms with Crippen LogP contribution in [0, 0.1) is 13.8 Å². The van der Waals surface area contributed by atoms with Crippen molar-refractivity contribution >= 4 is 17.7 Å². The van der Waals surface area contributed by atoms with Gasteiger partial charge in [0.15, 0.2) is 0 Å². The maximum Gasteiger partial charge on any atom is 0.255 e. The largest absolute Gasteiger partial charge is 0.497 e. The van der Waals surface area contributed by atoms with Crippen LogP contribution in [0.5, 0.6) is 5.75 Å². The van der Waals surface area contributed by atoms with Crippen molar-refractivity contribution in [3.8, 4) is 5.75 Å². The normalized spacial score (nSPS) is 17.3. The molecule has 1 aliphatic rings. The molecule has 1 saturated heterocycles. The zero-order valence-corrected chi connectivity index (χ0v) is 14.5. The summed E-state index contributed by atoms with van der Waals surface area (Å²) in [7, 11) is 1.63. The summed E-state index contributed by atoms with van der Waals surface area (Å²) >= 11 is 1.83. The molecule has 0 N–H and O–H groups in total. The van der Waals surface area contributed by atoms with Gasteiger partial charge in [-0.25, -0.2) is 0 Å². The minimum absolute atomic E-state index is 0.0858. The summed E-state index contributed by atoms with van der Waals surface area (Å²) in [5.74, 6) is 1.82. The van der Waals surface area contributed by atoms with Crippen LogP contribution in [0.4, 0.5) is 0 Å². The first-order chi connectivity index (χ1) is 11.1. The molecule has 3 rings (SSSR count). The number of ether oxygens (including phenoxy) is 1. The van der Waals surface area contributed by atoms with Crippen LogP contribution in [0.15, 0.2) is 42.5 Å². The van der Waals surface area contributed by atoms with Crippen molar-refractivity contribution in [1.82, 2.24) is 4.90 Å². The molecule has 1 aliphatic heterocycles. The van der Waals surface area contributed by atoms with Gasteiger partial charge in [0.25, 0.3) is 5.91 Å². The number of aryl methyl sites for hydroxylation is 2. The van der Waals surface area contributed by atoms with Gasteiger partial charge in [0, 0.05) is 17.9 Å². The molecule has 1 atom stereocenters. The summed E-state index contributed by atoms with van der Waals surface area (Å²) in [4.78, 5) is 14.9. The Labute approximate surface area is 141 Å². The van der Waals surface area contributed by atoms with E-state index < -0.39 is 0 Å². The predicted molar refractivity (Wildman–Crippen MR) is 95.1 cm³/mol. The lowest BCUT2D eigenvalue weighted by molar-refractivity contribution is 0.0760. The van der Waals surface area contributed by atoms with E-state index >= 15 is 0 Å². The van der Waals surface area contributed by atoms with E-state index in [0.717, 1.165) is 18.0 Å². The number of thioether (sulfide) groups is 1. The van der Waals surface area contributed by atoms with Crippen molar-refractivity contribution in [2.75, 3.05) is 19.4 Å². The number of amides is 1. The van der Waals surface area contributed by atoms with Gasteiger partial charge in [-0.15, -0.1) is 11.8 Å². The molecule has 0 aromatic heterocycles. The zero-order chi connectivity index (χ0) is 16.4. The van der Waals surface area contributed by atoms with E-state index in [2.05, 4.69) is 32.0 Å². The van der Waals surface area contributed by atoms with E-state index in [1.54, 1.807) is 7.11 Å². The lowest BCUT2D eigenvalue weighted by Gasteiger charge is -2.25. The highest BCUT2D eigenvalue weighted by Gasteiger charge is 2.32. The van der Waals surface area contributed by atoms with Crippen molar-refractivity contribution in [2.24, 2.45) is 0 Å². The zero-order valence-electron chi connectivity index (χ0n) is 13.7. The fourth-order valence-corrected chi connectivity index (χ4v) is 4.29. The van der Waals surface area contributed by atoms with E-state index in [4.69, 9.17) is 4.74 Å². The number of benzene rings is 2. The van der Waals surface area contributed by atoms with Gasteiger partial charge in [0.2, 0.25) is 0 Å². The van der Waals surface area contributed by atoms with Crippen LogP contribution >= 0.6 is 11.8 Å². The Morgan fingerprint density at radius 3 is 2.57 bits per heavy atom. The Hall–Kier alpha value is -1.94. The number of rotatable bonds is 3. The number of carbonyl (C=O) groups excluding carboxylic acids is 1. The number of methoxy groups -OCH3 is 1. The molecule has 3 nitrogen and oxygen atoms in total.